The molecule has 0 aromatic heterocycles. The smallest absolute Gasteiger partial charge is 0.139 e. The first-order valence-electron chi connectivity index (χ1n) is 7.12. The van der Waals surface area contributed by atoms with E-state index >= 15 is 0 Å². The Morgan fingerprint density at radius 1 is 0.773 bits per heavy atom. The Balaban J connectivity index is 2.36. The van der Waals surface area contributed by atoms with Crippen molar-refractivity contribution >= 4 is 23.1 Å². The average molecular weight is 310 g/mol. The van der Waals surface area contributed by atoms with Gasteiger partial charge in [0, 0.05) is 15.4 Å². The first-order valence-corrected chi connectivity index (χ1v) is 7.94. The van der Waals surface area contributed by atoms with E-state index in [1.807, 2.05) is 30.3 Å². The van der Waals surface area contributed by atoms with E-state index in [-0.39, 0.29) is 0 Å². The highest BCUT2D eigenvalue weighted by Crippen LogP contribution is 2.45. The molecule has 3 rings (SSSR count). The van der Waals surface area contributed by atoms with Gasteiger partial charge in [0.05, 0.1) is 19.8 Å². The number of thioether (sulfide) groups is 1. The molecule has 0 radical (unpaired) electrons. The molecule has 0 saturated carbocycles. The number of allylic oxidation sites excluding steroid dienone is 2. The van der Waals surface area contributed by atoms with Gasteiger partial charge in [0.2, 0.25) is 0 Å². The molecule has 0 fully saturated rings. The summed E-state index contributed by atoms with van der Waals surface area (Å²) in [7, 11) is 3.43. The molecule has 1 aliphatic rings. The molecule has 0 bridgehead atoms. The minimum absolute atomic E-state index is 0.850. The van der Waals surface area contributed by atoms with Gasteiger partial charge in [-0.1, -0.05) is 60.3 Å². The number of hydrogen-bond donors (Lipinski definition) is 0. The molecule has 2 nitrogen and oxygen atoms in total. The van der Waals surface area contributed by atoms with E-state index in [1.165, 1.54) is 4.90 Å². The molecule has 0 saturated heterocycles. The van der Waals surface area contributed by atoms with Crippen molar-refractivity contribution in [1.82, 2.24) is 0 Å². The predicted octanol–water partition coefficient (Wildman–Crippen LogP) is 5.18. The Hall–Kier alpha value is -2.13. The Morgan fingerprint density at radius 2 is 1.41 bits per heavy atom. The van der Waals surface area contributed by atoms with E-state index in [9.17, 15) is 0 Å². The van der Waals surface area contributed by atoms with Gasteiger partial charge in [0.25, 0.3) is 0 Å². The molecule has 2 aromatic rings. The lowest BCUT2D eigenvalue weighted by molar-refractivity contribution is 0.306. The van der Waals surface area contributed by atoms with E-state index < -0.39 is 0 Å². The lowest BCUT2D eigenvalue weighted by Crippen LogP contribution is -1.99. The van der Waals surface area contributed by atoms with Gasteiger partial charge < -0.3 is 9.47 Å². The number of benzene rings is 2. The third-order valence-corrected chi connectivity index (χ3v) is 4.71. The van der Waals surface area contributed by atoms with Crippen LogP contribution in [0.5, 0.6) is 0 Å². The highest BCUT2D eigenvalue weighted by Gasteiger charge is 2.25. The Kier molecular flexibility index (Phi) is 4.25. The van der Waals surface area contributed by atoms with Crippen molar-refractivity contribution in [3.63, 3.8) is 0 Å². The van der Waals surface area contributed by atoms with Gasteiger partial charge in [0.15, 0.2) is 0 Å². The standard InChI is InChI=1S/C19H18O2S/c1-13-18(20-2)17(14-9-5-4-6-10-14)19(21-3)15-11-7-8-12-16(15)22-13/h4-12H,1-3H3. The molecule has 1 heterocycles. The number of fused-ring (bicyclic) bond motifs is 1. The molecule has 1 aliphatic heterocycles. The van der Waals surface area contributed by atoms with Gasteiger partial charge in [-0.05, 0) is 18.6 Å². The van der Waals surface area contributed by atoms with Crippen LogP contribution >= 0.6 is 11.8 Å². The van der Waals surface area contributed by atoms with E-state index in [2.05, 4.69) is 31.2 Å². The molecule has 0 amide bonds. The molecule has 0 unspecified atom stereocenters. The molecule has 0 spiro atoms. The van der Waals surface area contributed by atoms with Crippen molar-refractivity contribution in [3.05, 3.63) is 76.4 Å². The molecule has 0 N–H and O–H groups in total. The quantitative estimate of drug-likeness (QED) is 0.777. The highest BCUT2D eigenvalue weighted by molar-refractivity contribution is 8.03. The monoisotopic (exact) mass is 310 g/mol. The van der Waals surface area contributed by atoms with Crippen LogP contribution in [0.1, 0.15) is 18.1 Å². The summed E-state index contributed by atoms with van der Waals surface area (Å²) in [4.78, 5) is 2.30. The minimum Gasteiger partial charge on any atom is -0.495 e. The third-order valence-electron chi connectivity index (χ3n) is 3.64. The van der Waals surface area contributed by atoms with E-state index in [4.69, 9.17) is 9.47 Å². The second-order valence-electron chi connectivity index (χ2n) is 4.96. The highest BCUT2D eigenvalue weighted by atomic mass is 32.2. The van der Waals surface area contributed by atoms with Crippen molar-refractivity contribution in [2.24, 2.45) is 0 Å². The Morgan fingerprint density at radius 3 is 2.09 bits per heavy atom. The maximum atomic E-state index is 5.80. The second-order valence-corrected chi connectivity index (χ2v) is 6.22. The topological polar surface area (TPSA) is 18.5 Å². The number of rotatable bonds is 3. The molecule has 3 heteroatoms. The summed E-state index contributed by atoms with van der Waals surface area (Å²) in [6.07, 6.45) is 0. The van der Waals surface area contributed by atoms with Gasteiger partial charge in [-0.15, -0.1) is 0 Å². The van der Waals surface area contributed by atoms with Gasteiger partial charge in [-0.25, -0.2) is 0 Å². The van der Waals surface area contributed by atoms with Crippen LogP contribution in [0.15, 0.2) is 70.2 Å². The van der Waals surface area contributed by atoms with Gasteiger partial charge in [-0.3, -0.25) is 0 Å². The SMILES string of the molecule is COC1=C(C)Sc2ccccc2C(OC)=C1c1ccccc1. The van der Waals surface area contributed by atoms with Crippen LogP contribution in [-0.4, -0.2) is 14.2 Å². The normalized spacial score (nSPS) is 14.5. The summed E-state index contributed by atoms with van der Waals surface area (Å²) < 4.78 is 11.5. The summed E-state index contributed by atoms with van der Waals surface area (Å²) in [6.45, 7) is 2.09. The van der Waals surface area contributed by atoms with Crippen LogP contribution < -0.4 is 0 Å². The van der Waals surface area contributed by atoms with Crippen LogP contribution in [-0.2, 0) is 9.47 Å². The third kappa shape index (κ3) is 2.53. The molecular weight excluding hydrogens is 292 g/mol. The first kappa shape index (κ1) is 14.8. The van der Waals surface area contributed by atoms with Crippen LogP contribution in [0.25, 0.3) is 11.3 Å². The van der Waals surface area contributed by atoms with Gasteiger partial charge in [0.1, 0.15) is 11.5 Å². The lowest BCUT2D eigenvalue weighted by atomic mass is 9.99. The zero-order valence-electron chi connectivity index (χ0n) is 12.9. The lowest BCUT2D eigenvalue weighted by Gasteiger charge is -2.16. The maximum Gasteiger partial charge on any atom is 0.139 e. The molecule has 2 aromatic carbocycles. The number of ether oxygens (including phenoxy) is 2. The zero-order valence-corrected chi connectivity index (χ0v) is 13.7. The summed E-state index contributed by atoms with van der Waals surface area (Å²) in [5.41, 5.74) is 3.19. The second kappa shape index (κ2) is 6.32. The van der Waals surface area contributed by atoms with E-state index in [0.29, 0.717) is 0 Å². The Labute approximate surface area is 135 Å². The minimum atomic E-state index is 0.850. The fraction of sp³-hybridized carbons (Fsp3) is 0.158. The predicted molar refractivity (Wildman–Crippen MR) is 92.3 cm³/mol. The fourth-order valence-corrected chi connectivity index (χ4v) is 3.72. The largest absolute Gasteiger partial charge is 0.495 e. The maximum absolute atomic E-state index is 5.80. The van der Waals surface area contributed by atoms with E-state index in [1.54, 1.807) is 26.0 Å². The average Bonchev–Trinajstić information content (AvgIpc) is 2.68. The van der Waals surface area contributed by atoms with Gasteiger partial charge in [-0.2, -0.15) is 0 Å². The van der Waals surface area contributed by atoms with Crippen LogP contribution in [0.3, 0.4) is 0 Å². The number of hydrogen-bond acceptors (Lipinski definition) is 3. The molecule has 0 aliphatic carbocycles. The Bertz CT molecular complexity index is 745. The summed E-state index contributed by atoms with van der Waals surface area (Å²) in [5.74, 6) is 1.72. The molecule has 112 valence electrons. The summed E-state index contributed by atoms with van der Waals surface area (Å²) >= 11 is 1.72. The molecular formula is C19H18O2S. The van der Waals surface area contributed by atoms with Crippen molar-refractivity contribution < 1.29 is 9.47 Å². The van der Waals surface area contributed by atoms with Crippen LogP contribution in [0.4, 0.5) is 0 Å². The molecule has 22 heavy (non-hydrogen) atoms. The summed E-state index contributed by atoms with van der Waals surface area (Å²) in [6, 6.07) is 18.5. The fourth-order valence-electron chi connectivity index (χ4n) is 2.69. The molecule has 0 atom stereocenters. The van der Waals surface area contributed by atoms with Gasteiger partial charge >= 0.3 is 0 Å². The van der Waals surface area contributed by atoms with Crippen molar-refractivity contribution in [2.45, 2.75) is 11.8 Å². The van der Waals surface area contributed by atoms with Crippen molar-refractivity contribution in [3.8, 4) is 0 Å². The zero-order chi connectivity index (χ0) is 15.5. The summed E-state index contributed by atoms with van der Waals surface area (Å²) in [5, 5.41) is 0. The number of methoxy groups -OCH3 is 2. The van der Waals surface area contributed by atoms with Crippen LogP contribution in [0, 0.1) is 0 Å². The van der Waals surface area contributed by atoms with Crippen molar-refractivity contribution in [1.29, 1.82) is 0 Å². The van der Waals surface area contributed by atoms with Crippen molar-refractivity contribution in [2.75, 3.05) is 14.2 Å². The van der Waals surface area contributed by atoms with E-state index in [0.717, 1.165) is 33.1 Å². The first-order chi connectivity index (χ1) is 10.8. The van der Waals surface area contributed by atoms with Crippen LogP contribution in [0.2, 0.25) is 0 Å².